The van der Waals surface area contributed by atoms with Gasteiger partial charge in [-0.15, -0.1) is 11.8 Å². The molecule has 0 heterocycles. The normalized spacial score (nSPS) is 14.9. The van der Waals surface area contributed by atoms with Crippen LogP contribution in [0.25, 0.3) is 0 Å². The zero-order chi connectivity index (χ0) is 22.1. The molecule has 0 aromatic heterocycles. The predicted octanol–water partition coefficient (Wildman–Crippen LogP) is 5.69. The standard InChI is InChI=1S/C25H31ClN2O2S/c1-2-23(25(30)27-21-8-6-7-9-21)28(18-19-12-14-20(26)15-13-19)24(29)16-17-31-22-10-4-3-5-11-22/h3-5,10-15,21,23H,2,6-9,16-18H2,1H3,(H,27,30)/t23-/m1/s1. The first kappa shape index (κ1) is 23.7. The summed E-state index contributed by atoms with van der Waals surface area (Å²) in [4.78, 5) is 29.2. The Kier molecular flexibility index (Phi) is 9.29. The Balaban J connectivity index is 1.69. The molecule has 0 saturated heterocycles. The molecule has 3 rings (SSSR count). The highest BCUT2D eigenvalue weighted by atomic mass is 35.5. The minimum Gasteiger partial charge on any atom is -0.352 e. The number of hydrogen-bond acceptors (Lipinski definition) is 3. The Morgan fingerprint density at radius 1 is 1.10 bits per heavy atom. The SMILES string of the molecule is CC[C@H](C(=O)NC1CCCC1)N(Cc1ccc(Cl)cc1)C(=O)CCSc1ccccc1. The minimum absolute atomic E-state index is 0.00630. The zero-order valence-corrected chi connectivity index (χ0v) is 19.6. The van der Waals surface area contributed by atoms with Crippen LogP contribution in [0.15, 0.2) is 59.5 Å². The third-order valence-electron chi connectivity index (χ3n) is 5.68. The number of nitrogens with zero attached hydrogens (tertiary/aromatic N) is 1. The zero-order valence-electron chi connectivity index (χ0n) is 18.1. The molecular formula is C25H31ClN2O2S. The van der Waals surface area contributed by atoms with Gasteiger partial charge in [0.2, 0.25) is 11.8 Å². The van der Waals surface area contributed by atoms with Crippen LogP contribution in [-0.2, 0) is 16.1 Å². The Morgan fingerprint density at radius 3 is 2.42 bits per heavy atom. The van der Waals surface area contributed by atoms with Crippen LogP contribution in [0.5, 0.6) is 0 Å². The summed E-state index contributed by atoms with van der Waals surface area (Å²) >= 11 is 7.69. The van der Waals surface area contributed by atoms with Crippen LogP contribution < -0.4 is 5.32 Å². The molecule has 166 valence electrons. The van der Waals surface area contributed by atoms with Crippen molar-refractivity contribution in [3.63, 3.8) is 0 Å². The van der Waals surface area contributed by atoms with Crippen molar-refractivity contribution in [2.24, 2.45) is 0 Å². The average Bonchev–Trinajstić information content (AvgIpc) is 3.28. The van der Waals surface area contributed by atoms with Gasteiger partial charge < -0.3 is 10.2 Å². The fraction of sp³-hybridized carbons (Fsp3) is 0.440. The maximum Gasteiger partial charge on any atom is 0.243 e. The lowest BCUT2D eigenvalue weighted by atomic mass is 10.1. The van der Waals surface area contributed by atoms with E-state index in [-0.39, 0.29) is 17.9 Å². The van der Waals surface area contributed by atoms with Crippen molar-refractivity contribution in [3.8, 4) is 0 Å². The Hall–Kier alpha value is -1.98. The van der Waals surface area contributed by atoms with Gasteiger partial charge in [0.25, 0.3) is 0 Å². The second-order valence-corrected chi connectivity index (χ2v) is 9.58. The first-order chi connectivity index (χ1) is 15.1. The van der Waals surface area contributed by atoms with Crippen molar-refractivity contribution in [2.45, 2.75) is 69.0 Å². The van der Waals surface area contributed by atoms with Crippen molar-refractivity contribution >= 4 is 35.2 Å². The van der Waals surface area contributed by atoms with Crippen LogP contribution in [0.2, 0.25) is 5.02 Å². The Bertz CT molecular complexity index is 838. The van der Waals surface area contributed by atoms with E-state index in [9.17, 15) is 9.59 Å². The van der Waals surface area contributed by atoms with E-state index in [2.05, 4.69) is 5.32 Å². The minimum atomic E-state index is -0.467. The second kappa shape index (κ2) is 12.2. The number of rotatable bonds is 10. The van der Waals surface area contributed by atoms with Gasteiger partial charge in [0.1, 0.15) is 6.04 Å². The number of halogens is 1. The Morgan fingerprint density at radius 2 is 1.77 bits per heavy atom. The molecule has 0 radical (unpaired) electrons. The van der Waals surface area contributed by atoms with Gasteiger partial charge in [-0.25, -0.2) is 0 Å². The number of amides is 2. The molecule has 1 aliphatic rings. The molecule has 4 nitrogen and oxygen atoms in total. The largest absolute Gasteiger partial charge is 0.352 e. The van der Waals surface area contributed by atoms with Crippen LogP contribution in [0.4, 0.5) is 0 Å². The van der Waals surface area contributed by atoms with Gasteiger partial charge in [-0.05, 0) is 49.1 Å². The van der Waals surface area contributed by atoms with Gasteiger partial charge in [-0.3, -0.25) is 9.59 Å². The fourth-order valence-corrected chi connectivity index (χ4v) is 4.98. The predicted molar refractivity (Wildman–Crippen MR) is 128 cm³/mol. The molecule has 1 aliphatic carbocycles. The molecule has 2 aromatic carbocycles. The number of carbonyl (C=O) groups excluding carboxylic acids is 2. The van der Waals surface area contributed by atoms with Gasteiger partial charge >= 0.3 is 0 Å². The number of nitrogens with one attached hydrogen (secondary N) is 1. The molecule has 1 atom stereocenters. The summed E-state index contributed by atoms with van der Waals surface area (Å²) in [5.74, 6) is 0.653. The summed E-state index contributed by atoms with van der Waals surface area (Å²) in [5, 5.41) is 3.84. The number of hydrogen-bond donors (Lipinski definition) is 1. The fourth-order valence-electron chi connectivity index (χ4n) is 3.99. The van der Waals surface area contributed by atoms with Gasteiger partial charge in [-0.1, -0.05) is 61.7 Å². The highest BCUT2D eigenvalue weighted by molar-refractivity contribution is 7.99. The average molecular weight is 459 g/mol. The summed E-state index contributed by atoms with van der Waals surface area (Å²) in [7, 11) is 0. The second-order valence-electron chi connectivity index (χ2n) is 7.97. The van der Waals surface area contributed by atoms with E-state index < -0.39 is 6.04 Å². The lowest BCUT2D eigenvalue weighted by molar-refractivity contribution is -0.141. The molecule has 31 heavy (non-hydrogen) atoms. The third kappa shape index (κ3) is 7.29. The first-order valence-corrected chi connectivity index (χ1v) is 12.4. The van der Waals surface area contributed by atoms with E-state index in [1.165, 1.54) is 0 Å². The highest BCUT2D eigenvalue weighted by Crippen LogP contribution is 2.22. The molecule has 2 aromatic rings. The van der Waals surface area contributed by atoms with Gasteiger partial charge in [0, 0.05) is 34.7 Å². The number of thioether (sulfide) groups is 1. The lowest BCUT2D eigenvalue weighted by Gasteiger charge is -2.31. The van der Waals surface area contributed by atoms with E-state index in [0.717, 1.165) is 36.1 Å². The molecule has 1 fully saturated rings. The van der Waals surface area contributed by atoms with Crippen LogP contribution in [-0.4, -0.2) is 34.6 Å². The molecule has 1 N–H and O–H groups in total. The summed E-state index contributed by atoms with van der Waals surface area (Å²) in [5.41, 5.74) is 0.973. The van der Waals surface area contributed by atoms with E-state index in [4.69, 9.17) is 11.6 Å². The molecule has 0 spiro atoms. The van der Waals surface area contributed by atoms with Crippen LogP contribution >= 0.6 is 23.4 Å². The van der Waals surface area contributed by atoms with Crippen molar-refractivity contribution in [1.29, 1.82) is 0 Å². The number of carbonyl (C=O) groups is 2. The molecule has 6 heteroatoms. The van der Waals surface area contributed by atoms with Crippen molar-refractivity contribution in [2.75, 3.05) is 5.75 Å². The van der Waals surface area contributed by atoms with Gasteiger partial charge in [0.05, 0.1) is 0 Å². The summed E-state index contributed by atoms with van der Waals surface area (Å²) in [6, 6.07) is 17.3. The molecule has 0 unspecified atom stereocenters. The van der Waals surface area contributed by atoms with Crippen molar-refractivity contribution < 1.29 is 9.59 Å². The summed E-state index contributed by atoms with van der Waals surface area (Å²) < 4.78 is 0. The van der Waals surface area contributed by atoms with E-state index >= 15 is 0 Å². The highest BCUT2D eigenvalue weighted by Gasteiger charge is 2.30. The van der Waals surface area contributed by atoms with Crippen LogP contribution in [0, 0.1) is 0 Å². The maximum atomic E-state index is 13.3. The first-order valence-electron chi connectivity index (χ1n) is 11.1. The van der Waals surface area contributed by atoms with Crippen molar-refractivity contribution in [1.82, 2.24) is 10.2 Å². The molecule has 0 bridgehead atoms. The topological polar surface area (TPSA) is 49.4 Å². The van der Waals surface area contributed by atoms with Crippen LogP contribution in [0.1, 0.15) is 51.0 Å². The number of benzene rings is 2. The molecular weight excluding hydrogens is 428 g/mol. The van der Waals surface area contributed by atoms with E-state index in [0.29, 0.717) is 30.2 Å². The van der Waals surface area contributed by atoms with Gasteiger partial charge in [0.15, 0.2) is 0 Å². The summed E-state index contributed by atoms with van der Waals surface area (Å²) in [6.45, 7) is 2.38. The summed E-state index contributed by atoms with van der Waals surface area (Å²) in [6.07, 6.45) is 5.35. The molecule has 1 saturated carbocycles. The molecule has 2 amide bonds. The third-order valence-corrected chi connectivity index (χ3v) is 6.95. The van der Waals surface area contributed by atoms with E-state index in [1.54, 1.807) is 16.7 Å². The quantitative estimate of drug-likeness (QED) is 0.465. The monoisotopic (exact) mass is 458 g/mol. The van der Waals surface area contributed by atoms with Gasteiger partial charge in [-0.2, -0.15) is 0 Å². The van der Waals surface area contributed by atoms with Crippen molar-refractivity contribution in [3.05, 3.63) is 65.2 Å². The molecule has 0 aliphatic heterocycles. The van der Waals surface area contributed by atoms with Crippen LogP contribution in [0.3, 0.4) is 0 Å². The smallest absolute Gasteiger partial charge is 0.243 e. The Labute approximate surface area is 194 Å². The lowest BCUT2D eigenvalue weighted by Crippen LogP contribution is -2.51. The van der Waals surface area contributed by atoms with E-state index in [1.807, 2.05) is 61.5 Å². The maximum absolute atomic E-state index is 13.3.